The molecule has 1 aromatic carbocycles. The van der Waals surface area contributed by atoms with Crippen molar-refractivity contribution in [2.45, 2.75) is 19.4 Å². The Hall–Kier alpha value is -1.61. The highest BCUT2D eigenvalue weighted by Crippen LogP contribution is 2.22. The van der Waals surface area contributed by atoms with Crippen LogP contribution in [0.25, 0.3) is 10.8 Å². The van der Waals surface area contributed by atoms with Gasteiger partial charge in [0.25, 0.3) is 0 Å². The molecule has 3 heteroatoms. The van der Waals surface area contributed by atoms with Crippen LogP contribution in [-0.2, 0) is 0 Å². The quantitative estimate of drug-likeness (QED) is 0.826. The maximum atomic E-state index is 5.71. The van der Waals surface area contributed by atoms with Gasteiger partial charge in [0.05, 0.1) is 0 Å². The molecule has 0 saturated heterocycles. The number of benzene rings is 1. The fourth-order valence-corrected chi connectivity index (χ4v) is 1.59. The van der Waals surface area contributed by atoms with Crippen LogP contribution in [0.4, 0.5) is 5.82 Å². The topological polar surface area (TPSA) is 50.9 Å². The molecule has 1 heterocycles. The molecule has 16 heavy (non-hydrogen) atoms. The number of hydrogen-bond acceptors (Lipinski definition) is 3. The minimum atomic E-state index is -0.142. The Labute approximate surface area is 95.7 Å². The van der Waals surface area contributed by atoms with Crippen molar-refractivity contribution in [2.24, 2.45) is 5.73 Å². The van der Waals surface area contributed by atoms with E-state index in [1.807, 2.05) is 24.4 Å². The molecule has 0 aliphatic carbocycles. The largest absolute Gasteiger partial charge is 0.363 e. The van der Waals surface area contributed by atoms with Gasteiger partial charge in [0, 0.05) is 23.7 Å². The van der Waals surface area contributed by atoms with Crippen molar-refractivity contribution in [1.29, 1.82) is 0 Å². The monoisotopic (exact) mass is 215 g/mol. The molecule has 0 radical (unpaired) electrons. The van der Waals surface area contributed by atoms with E-state index in [2.05, 4.69) is 36.3 Å². The van der Waals surface area contributed by atoms with Crippen LogP contribution in [0.15, 0.2) is 36.5 Å². The third kappa shape index (κ3) is 2.14. The normalized spacial score (nSPS) is 11.7. The third-order valence-corrected chi connectivity index (χ3v) is 2.64. The predicted molar refractivity (Wildman–Crippen MR) is 68.5 cm³/mol. The van der Waals surface area contributed by atoms with Gasteiger partial charge in [-0.25, -0.2) is 4.98 Å². The van der Waals surface area contributed by atoms with E-state index >= 15 is 0 Å². The van der Waals surface area contributed by atoms with E-state index < -0.39 is 0 Å². The molecule has 3 N–H and O–H groups in total. The van der Waals surface area contributed by atoms with E-state index in [-0.39, 0.29) is 5.54 Å². The Bertz CT molecular complexity index is 486. The maximum Gasteiger partial charge on any atom is 0.134 e. The predicted octanol–water partition coefficient (Wildman–Crippen LogP) is 2.38. The lowest BCUT2D eigenvalue weighted by molar-refractivity contribution is 0.578. The fourth-order valence-electron chi connectivity index (χ4n) is 1.59. The number of rotatable bonds is 3. The zero-order chi connectivity index (χ0) is 11.6. The summed E-state index contributed by atoms with van der Waals surface area (Å²) < 4.78 is 0. The summed E-state index contributed by atoms with van der Waals surface area (Å²) >= 11 is 0. The first-order valence-corrected chi connectivity index (χ1v) is 5.44. The second-order valence-electron chi connectivity index (χ2n) is 4.59. The van der Waals surface area contributed by atoms with E-state index in [1.165, 1.54) is 5.39 Å². The van der Waals surface area contributed by atoms with Gasteiger partial charge in [0.1, 0.15) is 5.82 Å². The summed E-state index contributed by atoms with van der Waals surface area (Å²) in [5.74, 6) is 0.897. The van der Waals surface area contributed by atoms with Crippen molar-refractivity contribution in [2.75, 3.05) is 11.9 Å². The summed E-state index contributed by atoms with van der Waals surface area (Å²) in [6.45, 7) is 4.70. The van der Waals surface area contributed by atoms with Crippen LogP contribution in [0.1, 0.15) is 13.8 Å². The molecule has 0 atom stereocenters. The maximum absolute atomic E-state index is 5.71. The van der Waals surface area contributed by atoms with Gasteiger partial charge in [-0.2, -0.15) is 0 Å². The van der Waals surface area contributed by atoms with Gasteiger partial charge in [-0.05, 0) is 25.3 Å². The lowest BCUT2D eigenvalue weighted by atomic mass is 10.1. The number of aromatic nitrogens is 1. The Morgan fingerprint density at radius 3 is 2.75 bits per heavy atom. The van der Waals surface area contributed by atoms with Gasteiger partial charge in [-0.1, -0.05) is 24.3 Å². The molecule has 0 bridgehead atoms. The number of nitrogens with two attached hydrogens (primary N) is 1. The van der Waals surface area contributed by atoms with E-state index in [0.717, 1.165) is 11.2 Å². The Kier molecular flexibility index (Phi) is 2.79. The Morgan fingerprint density at radius 2 is 2.00 bits per heavy atom. The standard InChI is InChI=1S/C13H17N3/c1-13(2,9-14)16-12-11-6-4-3-5-10(11)7-8-15-12/h3-8H,9,14H2,1-2H3,(H,15,16). The molecule has 84 valence electrons. The molecule has 0 spiro atoms. The molecule has 0 aliphatic rings. The summed E-state index contributed by atoms with van der Waals surface area (Å²) in [5.41, 5.74) is 5.57. The highest BCUT2D eigenvalue weighted by Gasteiger charge is 2.16. The van der Waals surface area contributed by atoms with Crippen LogP contribution in [-0.4, -0.2) is 17.1 Å². The van der Waals surface area contributed by atoms with Crippen molar-refractivity contribution < 1.29 is 0 Å². The third-order valence-electron chi connectivity index (χ3n) is 2.64. The van der Waals surface area contributed by atoms with Crippen molar-refractivity contribution >= 4 is 16.6 Å². The molecular formula is C13H17N3. The first kappa shape index (κ1) is 10.9. The summed E-state index contributed by atoms with van der Waals surface area (Å²) in [6.07, 6.45) is 1.82. The van der Waals surface area contributed by atoms with Crippen LogP contribution < -0.4 is 11.1 Å². The van der Waals surface area contributed by atoms with Crippen LogP contribution in [0.2, 0.25) is 0 Å². The van der Waals surface area contributed by atoms with Crippen molar-refractivity contribution in [3.05, 3.63) is 36.5 Å². The average molecular weight is 215 g/mol. The van der Waals surface area contributed by atoms with E-state index in [1.54, 1.807) is 0 Å². The zero-order valence-corrected chi connectivity index (χ0v) is 9.70. The Morgan fingerprint density at radius 1 is 1.25 bits per heavy atom. The smallest absolute Gasteiger partial charge is 0.134 e. The van der Waals surface area contributed by atoms with Crippen molar-refractivity contribution in [1.82, 2.24) is 4.98 Å². The lowest BCUT2D eigenvalue weighted by Gasteiger charge is -2.25. The molecule has 0 unspecified atom stereocenters. The first-order chi connectivity index (χ1) is 7.62. The average Bonchev–Trinajstić information content (AvgIpc) is 2.29. The van der Waals surface area contributed by atoms with Crippen LogP contribution in [0, 0.1) is 0 Å². The number of pyridine rings is 1. The van der Waals surface area contributed by atoms with Gasteiger partial charge >= 0.3 is 0 Å². The van der Waals surface area contributed by atoms with Crippen LogP contribution >= 0.6 is 0 Å². The summed E-state index contributed by atoms with van der Waals surface area (Å²) in [5, 5.41) is 5.69. The molecule has 0 fully saturated rings. The molecule has 2 rings (SSSR count). The molecule has 3 nitrogen and oxygen atoms in total. The second-order valence-corrected chi connectivity index (χ2v) is 4.59. The molecule has 0 amide bonds. The number of hydrogen-bond donors (Lipinski definition) is 2. The first-order valence-electron chi connectivity index (χ1n) is 5.44. The van der Waals surface area contributed by atoms with E-state index in [9.17, 15) is 0 Å². The lowest BCUT2D eigenvalue weighted by Crippen LogP contribution is -2.39. The number of nitrogens with one attached hydrogen (secondary N) is 1. The Balaban J connectivity index is 2.45. The minimum Gasteiger partial charge on any atom is -0.363 e. The van der Waals surface area contributed by atoms with Crippen molar-refractivity contribution in [3.63, 3.8) is 0 Å². The van der Waals surface area contributed by atoms with Gasteiger partial charge in [0.2, 0.25) is 0 Å². The number of nitrogens with zero attached hydrogens (tertiary/aromatic N) is 1. The summed E-state index contributed by atoms with van der Waals surface area (Å²) in [7, 11) is 0. The van der Waals surface area contributed by atoms with Gasteiger partial charge < -0.3 is 11.1 Å². The second kappa shape index (κ2) is 4.10. The summed E-state index contributed by atoms with van der Waals surface area (Å²) in [6, 6.07) is 10.2. The van der Waals surface area contributed by atoms with Gasteiger partial charge in [-0.15, -0.1) is 0 Å². The minimum absolute atomic E-state index is 0.142. The van der Waals surface area contributed by atoms with Crippen LogP contribution in [0.3, 0.4) is 0 Å². The molecule has 1 aromatic heterocycles. The highest BCUT2D eigenvalue weighted by atomic mass is 15.1. The summed E-state index contributed by atoms with van der Waals surface area (Å²) in [4.78, 5) is 4.37. The number of fused-ring (bicyclic) bond motifs is 1. The fraction of sp³-hybridized carbons (Fsp3) is 0.308. The number of anilines is 1. The van der Waals surface area contributed by atoms with Crippen molar-refractivity contribution in [3.8, 4) is 0 Å². The van der Waals surface area contributed by atoms with E-state index in [4.69, 9.17) is 5.73 Å². The van der Waals surface area contributed by atoms with Crippen LogP contribution in [0.5, 0.6) is 0 Å². The molecule has 0 saturated carbocycles. The molecule has 0 aliphatic heterocycles. The van der Waals surface area contributed by atoms with E-state index in [0.29, 0.717) is 6.54 Å². The molecular weight excluding hydrogens is 198 g/mol. The SMILES string of the molecule is CC(C)(CN)Nc1nccc2ccccc12. The van der Waals surface area contributed by atoms with Gasteiger partial charge in [0.15, 0.2) is 0 Å². The highest BCUT2D eigenvalue weighted by molar-refractivity contribution is 5.91. The molecule has 2 aromatic rings. The van der Waals surface area contributed by atoms with Gasteiger partial charge in [-0.3, -0.25) is 0 Å². The zero-order valence-electron chi connectivity index (χ0n) is 9.70.